The highest BCUT2D eigenvalue weighted by Gasteiger charge is 2.58. The van der Waals surface area contributed by atoms with E-state index in [2.05, 4.69) is 5.32 Å². The van der Waals surface area contributed by atoms with E-state index >= 15 is 0 Å². The van der Waals surface area contributed by atoms with Crippen LogP contribution in [-0.4, -0.2) is 68.8 Å². The summed E-state index contributed by atoms with van der Waals surface area (Å²) in [6.45, 7) is 8.78. The fraction of sp³-hybridized carbons (Fsp3) is 0.882. The van der Waals surface area contributed by atoms with Gasteiger partial charge in [-0.2, -0.15) is 0 Å². The molecule has 1 N–H and O–H groups in total. The summed E-state index contributed by atoms with van der Waals surface area (Å²) in [5.41, 5.74) is -0.645. The van der Waals surface area contributed by atoms with Gasteiger partial charge in [-0.1, -0.05) is 0 Å². The Morgan fingerprint density at radius 3 is 2.38 bits per heavy atom. The molecule has 26 heavy (non-hydrogen) atoms. The van der Waals surface area contributed by atoms with Gasteiger partial charge in [-0.3, -0.25) is 4.79 Å². The Balaban J connectivity index is 2.07. The van der Waals surface area contributed by atoms with Crippen LogP contribution in [0.25, 0.3) is 0 Å². The molecule has 2 saturated heterocycles. The maximum Gasteiger partial charge on any atom is 0.407 e. The number of nitrogens with one attached hydrogen (secondary N) is 1. The molecule has 150 valence electrons. The lowest BCUT2D eigenvalue weighted by Crippen LogP contribution is -2.47. The van der Waals surface area contributed by atoms with Crippen LogP contribution in [0.1, 0.15) is 34.6 Å². The van der Waals surface area contributed by atoms with Crippen molar-refractivity contribution in [3.05, 3.63) is 0 Å². The third-order valence-electron chi connectivity index (χ3n) is 4.06. The number of carbonyl (C=O) groups is 2. The van der Waals surface area contributed by atoms with E-state index in [1.54, 1.807) is 34.6 Å². The summed E-state index contributed by atoms with van der Waals surface area (Å²) in [5, 5.41) is 2.58. The van der Waals surface area contributed by atoms with Crippen molar-refractivity contribution in [2.75, 3.05) is 20.8 Å². The van der Waals surface area contributed by atoms with Crippen LogP contribution in [0.5, 0.6) is 0 Å². The van der Waals surface area contributed by atoms with Crippen LogP contribution in [-0.2, 0) is 33.2 Å². The first-order chi connectivity index (χ1) is 12.0. The molecule has 1 amide bonds. The molecule has 0 aromatic heterocycles. The second kappa shape index (κ2) is 7.67. The molecule has 0 unspecified atom stereocenters. The van der Waals surface area contributed by atoms with E-state index in [0.29, 0.717) is 0 Å². The lowest BCUT2D eigenvalue weighted by molar-refractivity contribution is -0.223. The largest absolute Gasteiger partial charge is 0.469 e. The predicted molar refractivity (Wildman–Crippen MR) is 89.2 cm³/mol. The van der Waals surface area contributed by atoms with Gasteiger partial charge in [0.15, 0.2) is 12.1 Å². The van der Waals surface area contributed by atoms with Crippen molar-refractivity contribution >= 4 is 12.1 Å². The molecule has 0 radical (unpaired) electrons. The van der Waals surface area contributed by atoms with Crippen molar-refractivity contribution in [3.8, 4) is 0 Å². The minimum Gasteiger partial charge on any atom is -0.469 e. The molecular weight excluding hydrogens is 346 g/mol. The number of carbonyl (C=O) groups excluding carboxylic acids is 2. The quantitative estimate of drug-likeness (QED) is 0.715. The van der Waals surface area contributed by atoms with E-state index in [1.807, 2.05) is 0 Å². The van der Waals surface area contributed by atoms with Crippen LogP contribution in [0.4, 0.5) is 4.79 Å². The van der Waals surface area contributed by atoms with Crippen molar-refractivity contribution in [1.29, 1.82) is 0 Å². The highest BCUT2D eigenvalue weighted by atomic mass is 16.8. The van der Waals surface area contributed by atoms with Gasteiger partial charge in [0.1, 0.15) is 29.8 Å². The van der Waals surface area contributed by atoms with Gasteiger partial charge in [0.2, 0.25) is 0 Å². The molecule has 2 aliphatic rings. The molecule has 5 atom stereocenters. The maximum atomic E-state index is 12.3. The zero-order valence-electron chi connectivity index (χ0n) is 16.4. The molecule has 0 aliphatic carbocycles. The molecule has 9 heteroatoms. The zero-order valence-corrected chi connectivity index (χ0v) is 16.4. The van der Waals surface area contributed by atoms with E-state index in [1.165, 1.54) is 14.2 Å². The van der Waals surface area contributed by atoms with Crippen molar-refractivity contribution < 1.29 is 38.0 Å². The monoisotopic (exact) mass is 375 g/mol. The molecular formula is C17H29NO8. The van der Waals surface area contributed by atoms with Crippen molar-refractivity contribution in [2.45, 2.75) is 70.6 Å². The number of alkyl carbamates (subject to hydrolysis) is 1. The standard InChI is InChI=1S/C17H29NO8/c1-16(2,3)26-15(20)18-8-9(13(19)22-7)10-11(21-6)12-14(23-10)25-17(4,5)24-12/h9-12,14H,8H2,1-7H3,(H,18,20)/t9-,10+,11-,12+,14+/m0/s1. The first-order valence-corrected chi connectivity index (χ1v) is 8.56. The predicted octanol–water partition coefficient (Wildman–Crippen LogP) is 1.19. The SMILES string of the molecule is COC(=O)[C@@H](CNC(=O)OC(C)(C)C)[C@H]1O[C@@H]2OC(C)(C)O[C@@H]2[C@H]1OC. The van der Waals surface area contributed by atoms with E-state index in [4.69, 9.17) is 28.4 Å². The Morgan fingerprint density at radius 2 is 1.85 bits per heavy atom. The van der Waals surface area contributed by atoms with Crippen molar-refractivity contribution in [3.63, 3.8) is 0 Å². The minimum atomic E-state index is -0.807. The van der Waals surface area contributed by atoms with E-state index in [0.717, 1.165) is 0 Å². The highest BCUT2D eigenvalue weighted by molar-refractivity contribution is 5.75. The van der Waals surface area contributed by atoms with Gasteiger partial charge in [-0.25, -0.2) is 4.79 Å². The number of esters is 1. The van der Waals surface area contributed by atoms with Gasteiger partial charge in [-0.05, 0) is 34.6 Å². The number of rotatable bonds is 5. The molecule has 2 rings (SSSR count). The number of amides is 1. The molecule has 0 aromatic rings. The number of hydrogen-bond acceptors (Lipinski definition) is 8. The topological polar surface area (TPSA) is 102 Å². The van der Waals surface area contributed by atoms with E-state index < -0.39 is 54.0 Å². The third kappa shape index (κ3) is 4.85. The Morgan fingerprint density at radius 1 is 1.19 bits per heavy atom. The number of ether oxygens (including phenoxy) is 6. The van der Waals surface area contributed by atoms with Crippen LogP contribution in [0.15, 0.2) is 0 Å². The fourth-order valence-corrected chi connectivity index (χ4v) is 3.09. The van der Waals surface area contributed by atoms with Crippen LogP contribution in [0.3, 0.4) is 0 Å². The molecule has 0 aromatic carbocycles. The summed E-state index contributed by atoms with van der Waals surface area (Å²) in [6, 6.07) is 0. The maximum absolute atomic E-state index is 12.3. The minimum absolute atomic E-state index is 0.0328. The second-order valence-electron chi connectivity index (χ2n) is 7.78. The lowest BCUT2D eigenvalue weighted by atomic mass is 9.96. The van der Waals surface area contributed by atoms with Gasteiger partial charge in [0.05, 0.1) is 7.11 Å². The molecule has 9 nitrogen and oxygen atoms in total. The van der Waals surface area contributed by atoms with Gasteiger partial charge in [-0.15, -0.1) is 0 Å². The summed E-state index contributed by atoms with van der Waals surface area (Å²) >= 11 is 0. The van der Waals surface area contributed by atoms with Crippen LogP contribution in [0.2, 0.25) is 0 Å². The molecule has 2 fully saturated rings. The average molecular weight is 375 g/mol. The average Bonchev–Trinajstić information content (AvgIpc) is 2.96. The molecule has 0 saturated carbocycles. The number of hydrogen-bond donors (Lipinski definition) is 1. The van der Waals surface area contributed by atoms with Crippen LogP contribution in [0, 0.1) is 5.92 Å². The smallest absolute Gasteiger partial charge is 0.407 e. The Kier molecular flexibility index (Phi) is 6.17. The van der Waals surface area contributed by atoms with Gasteiger partial charge in [0.25, 0.3) is 0 Å². The second-order valence-corrected chi connectivity index (χ2v) is 7.78. The summed E-state index contributed by atoms with van der Waals surface area (Å²) in [7, 11) is 2.78. The molecule has 2 heterocycles. The van der Waals surface area contributed by atoms with Crippen molar-refractivity contribution in [2.24, 2.45) is 5.92 Å². The summed E-state index contributed by atoms with van der Waals surface area (Å²) < 4.78 is 33.0. The number of methoxy groups -OCH3 is 2. The molecule has 0 bridgehead atoms. The normalized spacial score (nSPS) is 31.2. The van der Waals surface area contributed by atoms with Crippen molar-refractivity contribution in [1.82, 2.24) is 5.32 Å². The Bertz CT molecular complexity index is 529. The third-order valence-corrected chi connectivity index (χ3v) is 4.06. The number of fused-ring (bicyclic) bond motifs is 1. The zero-order chi connectivity index (χ0) is 19.7. The van der Waals surface area contributed by atoms with Crippen LogP contribution < -0.4 is 5.32 Å². The lowest BCUT2D eigenvalue weighted by Gasteiger charge is -2.29. The molecule has 2 aliphatic heterocycles. The molecule has 0 spiro atoms. The van der Waals surface area contributed by atoms with Gasteiger partial charge < -0.3 is 33.7 Å². The van der Waals surface area contributed by atoms with E-state index in [-0.39, 0.29) is 6.54 Å². The van der Waals surface area contributed by atoms with Crippen LogP contribution >= 0.6 is 0 Å². The summed E-state index contributed by atoms with van der Waals surface area (Å²) in [6.07, 6.45) is -3.02. The van der Waals surface area contributed by atoms with E-state index in [9.17, 15) is 9.59 Å². The summed E-state index contributed by atoms with van der Waals surface area (Å²) in [4.78, 5) is 24.2. The van der Waals surface area contributed by atoms with Gasteiger partial charge in [0, 0.05) is 13.7 Å². The first kappa shape index (κ1) is 20.9. The Labute approximate surface area is 153 Å². The fourth-order valence-electron chi connectivity index (χ4n) is 3.09. The first-order valence-electron chi connectivity index (χ1n) is 8.56. The Hall–Kier alpha value is -1.42. The highest BCUT2D eigenvalue weighted by Crippen LogP contribution is 2.40. The summed E-state index contributed by atoms with van der Waals surface area (Å²) in [5.74, 6) is -2.14. The van der Waals surface area contributed by atoms with Gasteiger partial charge >= 0.3 is 12.1 Å².